The summed E-state index contributed by atoms with van der Waals surface area (Å²) in [5, 5.41) is 0. The normalized spacial score (nSPS) is 57.0. The molecule has 3 aliphatic carbocycles. The first-order valence-corrected chi connectivity index (χ1v) is 9.35. The molecule has 0 nitrogen and oxygen atoms in total. The Morgan fingerprint density at radius 2 is 1.79 bits per heavy atom. The monoisotopic (exact) mass is 280 g/mol. The number of hydrogen-bond donors (Lipinski definition) is 0. The molecule has 3 rings (SSSR count). The summed E-state index contributed by atoms with van der Waals surface area (Å²) >= 11 is 0. The van der Waals surface area contributed by atoms with E-state index in [-0.39, 0.29) is 0 Å². The fourth-order valence-electron chi connectivity index (χ4n) is 6.44. The van der Waals surface area contributed by atoms with Gasteiger partial charge >= 0.3 is 0 Å². The van der Waals surface area contributed by atoms with Gasteiger partial charge < -0.3 is 0 Å². The highest BCUT2D eigenvalue weighted by Crippen LogP contribution is 2.68. The van der Waals surface area contributed by atoms with Gasteiger partial charge in [0.1, 0.15) is 0 Å². The first-order chi connectivity index (χ1) is 8.93. The minimum absolute atomic E-state index is 0.634. The SMILES string of the molecule is CCCC1(C)C(C)CCC2C1CC1(C)C(P)CCC21. The van der Waals surface area contributed by atoms with E-state index in [4.69, 9.17) is 0 Å². The number of hydrogen-bond acceptors (Lipinski definition) is 0. The first kappa shape index (κ1) is 14.4. The Bertz CT molecular complexity index is 352. The van der Waals surface area contributed by atoms with Crippen LogP contribution in [0.1, 0.15) is 72.6 Å². The van der Waals surface area contributed by atoms with Crippen LogP contribution in [0.2, 0.25) is 0 Å². The minimum atomic E-state index is 0.634. The van der Waals surface area contributed by atoms with Gasteiger partial charge in [0.05, 0.1) is 0 Å². The molecule has 110 valence electrons. The Morgan fingerprint density at radius 3 is 2.47 bits per heavy atom. The molecule has 3 fully saturated rings. The van der Waals surface area contributed by atoms with Crippen LogP contribution in [0, 0.1) is 34.5 Å². The predicted octanol–water partition coefficient (Wildman–Crippen LogP) is 5.52. The Morgan fingerprint density at radius 1 is 1.05 bits per heavy atom. The first-order valence-electron chi connectivity index (χ1n) is 8.69. The van der Waals surface area contributed by atoms with Gasteiger partial charge in [-0.3, -0.25) is 0 Å². The zero-order chi connectivity index (χ0) is 13.8. The zero-order valence-corrected chi connectivity index (χ0v) is 14.6. The summed E-state index contributed by atoms with van der Waals surface area (Å²) in [6, 6.07) is 0. The summed E-state index contributed by atoms with van der Waals surface area (Å²) in [4.78, 5) is 0. The van der Waals surface area contributed by atoms with Crippen LogP contribution < -0.4 is 0 Å². The summed E-state index contributed by atoms with van der Waals surface area (Å²) in [7, 11) is 3.20. The lowest BCUT2D eigenvalue weighted by Gasteiger charge is -2.49. The second kappa shape index (κ2) is 4.72. The second-order valence-electron chi connectivity index (χ2n) is 8.50. The minimum Gasteiger partial charge on any atom is -0.134 e. The van der Waals surface area contributed by atoms with Gasteiger partial charge in [0, 0.05) is 0 Å². The van der Waals surface area contributed by atoms with Crippen LogP contribution in [-0.2, 0) is 0 Å². The summed E-state index contributed by atoms with van der Waals surface area (Å²) in [5.74, 6) is 4.07. The third-order valence-electron chi connectivity index (χ3n) is 7.87. The molecule has 0 spiro atoms. The summed E-state index contributed by atoms with van der Waals surface area (Å²) in [6.07, 6.45) is 10.4. The van der Waals surface area contributed by atoms with Crippen LogP contribution in [-0.4, -0.2) is 5.66 Å². The average molecular weight is 280 g/mol. The molecule has 0 amide bonds. The van der Waals surface area contributed by atoms with Gasteiger partial charge in [-0.15, -0.1) is 9.24 Å². The maximum absolute atomic E-state index is 3.20. The van der Waals surface area contributed by atoms with Gasteiger partial charge in [-0.05, 0) is 78.7 Å². The Balaban J connectivity index is 1.92. The standard InChI is InChI=1S/C18H33P/c1-5-10-17(3)12(2)6-7-13-14-8-9-16(19)18(14,4)11-15(13)17/h12-16H,5-11,19H2,1-4H3. The molecule has 0 aliphatic heterocycles. The highest BCUT2D eigenvalue weighted by atomic mass is 31.0. The van der Waals surface area contributed by atoms with E-state index in [9.17, 15) is 0 Å². The molecule has 0 aromatic rings. The molecule has 3 saturated carbocycles. The van der Waals surface area contributed by atoms with Crippen molar-refractivity contribution < 1.29 is 0 Å². The van der Waals surface area contributed by atoms with E-state index in [1.807, 2.05) is 0 Å². The maximum atomic E-state index is 3.20. The highest BCUT2D eigenvalue weighted by molar-refractivity contribution is 7.17. The van der Waals surface area contributed by atoms with E-state index in [1.54, 1.807) is 0 Å². The van der Waals surface area contributed by atoms with Gasteiger partial charge in [-0.2, -0.15) is 0 Å². The van der Waals surface area contributed by atoms with Crippen molar-refractivity contribution in [2.45, 2.75) is 78.3 Å². The second-order valence-corrected chi connectivity index (χ2v) is 9.31. The van der Waals surface area contributed by atoms with Gasteiger partial charge in [-0.1, -0.05) is 34.1 Å². The Labute approximate surface area is 122 Å². The van der Waals surface area contributed by atoms with Crippen LogP contribution >= 0.6 is 9.24 Å². The molecule has 0 bridgehead atoms. The van der Waals surface area contributed by atoms with Crippen molar-refractivity contribution in [2.75, 3.05) is 0 Å². The summed E-state index contributed by atoms with van der Waals surface area (Å²) < 4.78 is 0. The molecule has 8 atom stereocenters. The van der Waals surface area contributed by atoms with Crippen molar-refractivity contribution >= 4 is 9.24 Å². The van der Waals surface area contributed by atoms with Crippen molar-refractivity contribution in [3.8, 4) is 0 Å². The van der Waals surface area contributed by atoms with Crippen LogP contribution in [0.5, 0.6) is 0 Å². The molecule has 0 heterocycles. The third kappa shape index (κ3) is 1.88. The summed E-state index contributed by atoms with van der Waals surface area (Å²) in [6.45, 7) is 10.2. The molecule has 1 heteroatoms. The van der Waals surface area contributed by atoms with E-state index in [1.165, 1.54) is 44.9 Å². The Hall–Kier alpha value is 0.430. The molecule has 0 N–H and O–H groups in total. The smallest absolute Gasteiger partial charge is 0.0207 e. The highest BCUT2D eigenvalue weighted by Gasteiger charge is 2.61. The van der Waals surface area contributed by atoms with Gasteiger partial charge in [-0.25, -0.2) is 0 Å². The van der Waals surface area contributed by atoms with E-state index in [0.29, 0.717) is 10.8 Å². The lowest BCUT2D eigenvalue weighted by molar-refractivity contribution is 0.00150. The number of rotatable bonds is 2. The average Bonchev–Trinajstić information content (AvgIpc) is 2.81. The van der Waals surface area contributed by atoms with Crippen molar-refractivity contribution in [3.63, 3.8) is 0 Å². The van der Waals surface area contributed by atoms with Crippen LogP contribution in [0.4, 0.5) is 0 Å². The summed E-state index contributed by atoms with van der Waals surface area (Å²) in [5.41, 5.74) is 2.18. The van der Waals surface area contributed by atoms with Crippen molar-refractivity contribution in [1.29, 1.82) is 0 Å². The molecule has 3 aliphatic rings. The van der Waals surface area contributed by atoms with Crippen molar-refractivity contribution in [3.05, 3.63) is 0 Å². The molecule has 19 heavy (non-hydrogen) atoms. The van der Waals surface area contributed by atoms with E-state index in [2.05, 4.69) is 36.9 Å². The van der Waals surface area contributed by atoms with Crippen LogP contribution in [0.15, 0.2) is 0 Å². The maximum Gasteiger partial charge on any atom is -0.0207 e. The predicted molar refractivity (Wildman–Crippen MR) is 87.3 cm³/mol. The third-order valence-corrected chi connectivity index (χ3v) is 8.97. The van der Waals surface area contributed by atoms with Crippen molar-refractivity contribution in [2.24, 2.45) is 34.5 Å². The number of fused-ring (bicyclic) bond motifs is 3. The van der Waals surface area contributed by atoms with E-state index >= 15 is 0 Å². The van der Waals surface area contributed by atoms with Gasteiger partial charge in [0.25, 0.3) is 0 Å². The molecule has 0 radical (unpaired) electrons. The largest absolute Gasteiger partial charge is 0.134 e. The molecule has 0 aromatic heterocycles. The molecular formula is C18H33P. The van der Waals surface area contributed by atoms with Crippen LogP contribution in [0.25, 0.3) is 0 Å². The lowest BCUT2D eigenvalue weighted by atomic mass is 9.56. The van der Waals surface area contributed by atoms with Crippen LogP contribution in [0.3, 0.4) is 0 Å². The van der Waals surface area contributed by atoms with Gasteiger partial charge in [0.2, 0.25) is 0 Å². The molecule has 0 saturated heterocycles. The van der Waals surface area contributed by atoms with E-state index in [0.717, 1.165) is 29.3 Å². The van der Waals surface area contributed by atoms with Crippen molar-refractivity contribution in [1.82, 2.24) is 0 Å². The molecule has 0 aromatic carbocycles. The zero-order valence-electron chi connectivity index (χ0n) is 13.4. The molecular weight excluding hydrogens is 247 g/mol. The fraction of sp³-hybridized carbons (Fsp3) is 1.00. The van der Waals surface area contributed by atoms with Gasteiger partial charge in [0.15, 0.2) is 0 Å². The fourth-order valence-corrected chi connectivity index (χ4v) is 7.01. The lowest BCUT2D eigenvalue weighted by Crippen LogP contribution is -2.41. The Kier molecular flexibility index (Phi) is 3.57. The quantitative estimate of drug-likeness (QED) is 0.584. The topological polar surface area (TPSA) is 0 Å². The molecule has 8 unspecified atom stereocenters. The van der Waals surface area contributed by atoms with E-state index < -0.39 is 0 Å².